The van der Waals surface area contributed by atoms with Crippen molar-refractivity contribution < 1.29 is 13.9 Å². The molecule has 1 aromatic carbocycles. The number of H-pyrrole nitrogens is 1. The van der Waals surface area contributed by atoms with Crippen molar-refractivity contribution in [3.8, 4) is 5.75 Å². The van der Waals surface area contributed by atoms with Gasteiger partial charge in [-0.15, -0.1) is 10.2 Å². The van der Waals surface area contributed by atoms with Crippen molar-refractivity contribution in [1.82, 2.24) is 35.7 Å². The second-order valence-electron chi connectivity index (χ2n) is 9.21. The van der Waals surface area contributed by atoms with E-state index < -0.39 is 17.3 Å². The smallest absolute Gasteiger partial charge is 0.256 e. The van der Waals surface area contributed by atoms with Gasteiger partial charge in [-0.05, 0) is 42.2 Å². The minimum absolute atomic E-state index is 0.174. The molecule has 1 aliphatic heterocycles. The van der Waals surface area contributed by atoms with Gasteiger partial charge in [-0.3, -0.25) is 9.48 Å². The number of tetrazole rings is 1. The lowest BCUT2D eigenvalue weighted by atomic mass is 9.79. The van der Waals surface area contributed by atoms with Gasteiger partial charge in [0.15, 0.2) is 0 Å². The highest BCUT2D eigenvalue weighted by Crippen LogP contribution is 2.41. The molecule has 4 rings (SSSR count). The lowest BCUT2D eigenvalue weighted by Crippen LogP contribution is -2.48. The molecule has 9 nitrogen and oxygen atoms in total. The van der Waals surface area contributed by atoms with Gasteiger partial charge in [0.1, 0.15) is 11.6 Å². The normalized spacial score (nSPS) is 18.5. The monoisotopic (exact) mass is 467 g/mol. The van der Waals surface area contributed by atoms with E-state index in [9.17, 15) is 4.79 Å². The van der Waals surface area contributed by atoms with Crippen LogP contribution in [-0.2, 0) is 16.9 Å². The van der Waals surface area contributed by atoms with Gasteiger partial charge < -0.3 is 10.1 Å². The molecule has 0 radical (unpaired) electrons. The standard InChI is InChI=1S/C24H30FN7O2/c1-5-6-11-34-16-7-8-18(19(25)12-16)24(4)13-17(20-9-10-32(29-20)14-15(2)3)21(23(33)26-24)22-27-30-31-28-22/h7-10,12,15H,5-6,11,13-14H2,1-4H3,(H,26,33)(H,27,28,30,31)/t24-/m0/s1. The predicted octanol–water partition coefficient (Wildman–Crippen LogP) is 3.72. The quantitative estimate of drug-likeness (QED) is 0.464. The number of nitrogens with zero attached hydrogens (tertiary/aromatic N) is 5. The maximum atomic E-state index is 15.3. The molecule has 1 aliphatic rings. The van der Waals surface area contributed by atoms with Gasteiger partial charge in [-0.1, -0.05) is 33.3 Å². The largest absolute Gasteiger partial charge is 0.493 e. The molecule has 3 aromatic rings. The van der Waals surface area contributed by atoms with Crippen molar-refractivity contribution in [2.24, 2.45) is 5.92 Å². The summed E-state index contributed by atoms with van der Waals surface area (Å²) in [6.45, 7) is 9.36. The number of carbonyl (C=O) groups excluding carboxylic acids is 1. The zero-order chi connectivity index (χ0) is 24.3. The number of nitrogens with one attached hydrogen (secondary N) is 2. The maximum absolute atomic E-state index is 15.3. The Bertz CT molecular complexity index is 1190. The van der Waals surface area contributed by atoms with Gasteiger partial charge in [-0.2, -0.15) is 10.3 Å². The molecule has 0 saturated heterocycles. The number of rotatable bonds is 9. The topological polar surface area (TPSA) is 111 Å². The number of hydrogen-bond donors (Lipinski definition) is 2. The lowest BCUT2D eigenvalue weighted by Gasteiger charge is -2.37. The minimum Gasteiger partial charge on any atom is -0.493 e. The number of aromatic amines is 1. The van der Waals surface area contributed by atoms with E-state index in [0.717, 1.165) is 19.4 Å². The third-order valence-corrected chi connectivity index (χ3v) is 5.82. The average Bonchev–Trinajstić information content (AvgIpc) is 3.45. The first-order chi connectivity index (χ1) is 16.3. The molecule has 0 aliphatic carbocycles. The lowest BCUT2D eigenvalue weighted by molar-refractivity contribution is -0.117. The van der Waals surface area contributed by atoms with E-state index in [1.54, 1.807) is 19.1 Å². The molecule has 34 heavy (non-hydrogen) atoms. The van der Waals surface area contributed by atoms with Gasteiger partial charge >= 0.3 is 0 Å². The molecule has 0 unspecified atom stereocenters. The van der Waals surface area contributed by atoms with Crippen LogP contribution in [0.5, 0.6) is 5.75 Å². The van der Waals surface area contributed by atoms with E-state index in [-0.39, 0.29) is 11.4 Å². The molecule has 180 valence electrons. The highest BCUT2D eigenvalue weighted by Gasteiger charge is 2.41. The SMILES string of the molecule is CCCCOc1ccc([C@]2(C)CC(c3ccn(CC(C)C)n3)=C(c3nn[nH]n3)C(=O)N2)c(F)c1. The van der Waals surface area contributed by atoms with Crippen LogP contribution in [0, 0.1) is 11.7 Å². The van der Waals surface area contributed by atoms with Crippen LogP contribution in [0.15, 0.2) is 30.5 Å². The first-order valence-electron chi connectivity index (χ1n) is 11.6. The summed E-state index contributed by atoms with van der Waals surface area (Å²) in [6.07, 6.45) is 4.07. The van der Waals surface area contributed by atoms with Gasteiger partial charge in [0.25, 0.3) is 5.91 Å². The van der Waals surface area contributed by atoms with Crippen LogP contribution in [-0.4, -0.2) is 42.9 Å². The molecule has 1 atom stereocenters. The summed E-state index contributed by atoms with van der Waals surface area (Å²) in [5.41, 5.74) is 0.906. The molecular weight excluding hydrogens is 437 g/mol. The van der Waals surface area contributed by atoms with Crippen LogP contribution in [0.1, 0.15) is 64.0 Å². The van der Waals surface area contributed by atoms with Crippen molar-refractivity contribution in [2.45, 2.75) is 59.0 Å². The fourth-order valence-electron chi connectivity index (χ4n) is 4.19. The maximum Gasteiger partial charge on any atom is 0.256 e. The van der Waals surface area contributed by atoms with Crippen molar-refractivity contribution >= 4 is 17.1 Å². The molecule has 0 saturated carbocycles. The Labute approximate surface area is 197 Å². The fourth-order valence-corrected chi connectivity index (χ4v) is 4.19. The number of hydrogen-bond acceptors (Lipinski definition) is 6. The number of carbonyl (C=O) groups is 1. The van der Waals surface area contributed by atoms with Gasteiger partial charge in [0.05, 0.1) is 23.4 Å². The average molecular weight is 468 g/mol. The van der Waals surface area contributed by atoms with E-state index in [2.05, 4.69) is 51.8 Å². The zero-order valence-electron chi connectivity index (χ0n) is 19.9. The molecule has 0 spiro atoms. The van der Waals surface area contributed by atoms with Crippen LogP contribution in [0.25, 0.3) is 11.1 Å². The van der Waals surface area contributed by atoms with Crippen molar-refractivity contribution in [3.63, 3.8) is 0 Å². The van der Waals surface area contributed by atoms with Gasteiger partial charge in [-0.25, -0.2) is 4.39 Å². The van der Waals surface area contributed by atoms with E-state index in [0.29, 0.717) is 41.5 Å². The minimum atomic E-state index is -1.01. The zero-order valence-corrected chi connectivity index (χ0v) is 19.9. The number of benzene rings is 1. The van der Waals surface area contributed by atoms with Crippen molar-refractivity contribution in [1.29, 1.82) is 0 Å². The Kier molecular flexibility index (Phi) is 6.76. The van der Waals surface area contributed by atoms with E-state index in [4.69, 9.17) is 4.74 Å². The van der Waals surface area contributed by atoms with Crippen LogP contribution in [0.2, 0.25) is 0 Å². The second kappa shape index (κ2) is 9.74. The Morgan fingerprint density at radius 2 is 2.12 bits per heavy atom. The molecule has 2 N–H and O–H groups in total. The number of halogens is 1. The summed E-state index contributed by atoms with van der Waals surface area (Å²) in [5, 5.41) is 21.7. The summed E-state index contributed by atoms with van der Waals surface area (Å²) in [7, 11) is 0. The first-order valence-corrected chi connectivity index (χ1v) is 11.6. The summed E-state index contributed by atoms with van der Waals surface area (Å²) >= 11 is 0. The Morgan fingerprint density at radius 1 is 1.29 bits per heavy atom. The Balaban J connectivity index is 1.72. The molecule has 2 aromatic heterocycles. The van der Waals surface area contributed by atoms with Crippen molar-refractivity contribution in [3.05, 3.63) is 53.4 Å². The summed E-state index contributed by atoms with van der Waals surface area (Å²) in [4.78, 5) is 13.3. The molecular formula is C24H30FN7O2. The van der Waals surface area contributed by atoms with E-state index in [1.165, 1.54) is 6.07 Å². The van der Waals surface area contributed by atoms with Crippen LogP contribution >= 0.6 is 0 Å². The molecule has 3 heterocycles. The number of ether oxygens (including phenoxy) is 1. The summed E-state index contributed by atoms with van der Waals surface area (Å²) in [6, 6.07) is 6.64. The number of unbranched alkanes of at least 4 members (excludes halogenated alkanes) is 1. The number of amides is 1. The molecule has 0 fully saturated rings. The molecule has 10 heteroatoms. The molecule has 1 amide bonds. The Morgan fingerprint density at radius 3 is 2.79 bits per heavy atom. The Hall–Kier alpha value is -3.56. The third-order valence-electron chi connectivity index (χ3n) is 5.82. The van der Waals surface area contributed by atoms with Crippen LogP contribution in [0.3, 0.4) is 0 Å². The predicted molar refractivity (Wildman–Crippen MR) is 125 cm³/mol. The van der Waals surface area contributed by atoms with Crippen molar-refractivity contribution in [2.75, 3.05) is 6.61 Å². The highest BCUT2D eigenvalue weighted by atomic mass is 19.1. The van der Waals surface area contributed by atoms with Gasteiger partial charge in [0.2, 0.25) is 5.82 Å². The third kappa shape index (κ3) is 4.85. The highest BCUT2D eigenvalue weighted by molar-refractivity contribution is 6.27. The number of aromatic nitrogens is 6. The first kappa shape index (κ1) is 23.6. The summed E-state index contributed by atoms with van der Waals surface area (Å²) < 4.78 is 22.7. The van der Waals surface area contributed by atoms with Gasteiger partial charge in [0, 0.05) is 30.8 Å². The molecule has 0 bridgehead atoms. The van der Waals surface area contributed by atoms with E-state index in [1.807, 2.05) is 16.9 Å². The van der Waals surface area contributed by atoms with E-state index >= 15 is 4.39 Å². The second-order valence-corrected chi connectivity index (χ2v) is 9.21. The van der Waals surface area contributed by atoms with Crippen LogP contribution < -0.4 is 10.1 Å². The van der Waals surface area contributed by atoms with Crippen LogP contribution in [0.4, 0.5) is 4.39 Å². The summed E-state index contributed by atoms with van der Waals surface area (Å²) in [5.74, 6) is 0.199. The fraction of sp³-hybridized carbons (Fsp3) is 0.458.